The Balaban J connectivity index is 1.26. The highest BCUT2D eigenvalue weighted by Crippen LogP contribution is 2.40. The van der Waals surface area contributed by atoms with Gasteiger partial charge in [0.1, 0.15) is 24.0 Å². The zero-order valence-corrected chi connectivity index (χ0v) is 22.8. The maximum atomic E-state index is 6.27. The molecule has 196 valence electrons. The Morgan fingerprint density at radius 1 is 1.05 bits per heavy atom. The van der Waals surface area contributed by atoms with Gasteiger partial charge in [0.2, 0.25) is 0 Å². The van der Waals surface area contributed by atoms with Crippen molar-refractivity contribution in [2.75, 3.05) is 24.6 Å². The largest absolute Gasteiger partial charge is 0.491 e. The average Bonchev–Trinajstić information content (AvgIpc) is 3.51. The highest BCUT2D eigenvalue weighted by Gasteiger charge is 2.33. The van der Waals surface area contributed by atoms with Gasteiger partial charge in [-0.2, -0.15) is 0 Å². The minimum Gasteiger partial charge on any atom is -0.491 e. The molecule has 0 radical (unpaired) electrons. The molecule has 0 bridgehead atoms. The highest BCUT2D eigenvalue weighted by atomic mass is 16.5. The summed E-state index contributed by atoms with van der Waals surface area (Å²) in [5.74, 6) is 3.08. The van der Waals surface area contributed by atoms with Crippen LogP contribution in [0.2, 0.25) is 0 Å². The van der Waals surface area contributed by atoms with E-state index in [2.05, 4.69) is 67.4 Å². The Morgan fingerprint density at radius 3 is 2.79 bits per heavy atom. The molecule has 1 saturated heterocycles. The Labute approximate surface area is 225 Å². The van der Waals surface area contributed by atoms with E-state index < -0.39 is 0 Å². The third-order valence-corrected chi connectivity index (χ3v) is 8.67. The van der Waals surface area contributed by atoms with Gasteiger partial charge in [-0.1, -0.05) is 32.0 Å². The van der Waals surface area contributed by atoms with E-state index >= 15 is 0 Å². The molecule has 7 rings (SSSR count). The number of rotatable bonds is 3. The molecule has 3 aromatic rings. The zero-order chi connectivity index (χ0) is 25.9. The van der Waals surface area contributed by atoms with Gasteiger partial charge in [-0.05, 0) is 85.9 Å². The van der Waals surface area contributed by atoms with E-state index in [1.165, 1.54) is 52.1 Å². The summed E-state index contributed by atoms with van der Waals surface area (Å²) in [7, 11) is 0. The molecule has 38 heavy (non-hydrogen) atoms. The van der Waals surface area contributed by atoms with E-state index in [9.17, 15) is 0 Å². The first kappa shape index (κ1) is 23.8. The van der Waals surface area contributed by atoms with Crippen LogP contribution < -0.4 is 15.0 Å². The highest BCUT2D eigenvalue weighted by molar-refractivity contribution is 5.93. The first-order valence-electron chi connectivity index (χ1n) is 14.2. The van der Waals surface area contributed by atoms with Gasteiger partial charge in [0.25, 0.3) is 0 Å². The van der Waals surface area contributed by atoms with Crippen LogP contribution in [0.5, 0.6) is 5.75 Å². The van der Waals surface area contributed by atoms with Crippen molar-refractivity contribution in [3.63, 3.8) is 0 Å². The summed E-state index contributed by atoms with van der Waals surface area (Å²) in [6, 6.07) is 13.6. The van der Waals surface area contributed by atoms with Crippen molar-refractivity contribution in [3.05, 3.63) is 64.6 Å². The summed E-state index contributed by atoms with van der Waals surface area (Å²) < 4.78 is 6.27. The van der Waals surface area contributed by atoms with Crippen LogP contribution in [-0.2, 0) is 25.8 Å². The molecule has 4 aliphatic rings. The van der Waals surface area contributed by atoms with Gasteiger partial charge < -0.3 is 15.0 Å². The van der Waals surface area contributed by atoms with Gasteiger partial charge in [0.05, 0.1) is 18.3 Å². The smallest absolute Gasteiger partial charge is 0.147 e. The third kappa shape index (κ3) is 4.39. The van der Waals surface area contributed by atoms with Crippen molar-refractivity contribution in [1.29, 1.82) is 0 Å². The van der Waals surface area contributed by atoms with Crippen LogP contribution in [-0.4, -0.2) is 35.4 Å². The SMILES string of the molecule is CC1=Nc2cc(-c3ccc4c(c3)CN(c3nc([C@H]5CCCN5)nc5c3CC(C)(C)CC5)CCO4)ccc2C1. The number of benzene rings is 2. The molecule has 0 amide bonds. The monoisotopic (exact) mass is 507 g/mol. The number of anilines is 1. The van der Waals surface area contributed by atoms with E-state index in [1.54, 1.807) is 0 Å². The standard InChI is InChI=1S/C32H37N5O/c1-20-15-23-7-6-22(17-28(23)34-20)21-8-9-29-24(16-21)19-37(13-14-38-29)31-25-18-32(2,3)11-10-26(25)35-30(36-31)27-5-4-12-33-27/h6-9,16-17,27,33H,4-5,10-15,18-19H2,1-3H3/t27-/m1/s1. The van der Waals surface area contributed by atoms with Gasteiger partial charge >= 0.3 is 0 Å². The second-order valence-corrected chi connectivity index (χ2v) is 12.3. The average molecular weight is 508 g/mol. The van der Waals surface area contributed by atoms with Gasteiger partial charge in [0, 0.05) is 35.5 Å². The number of aromatic nitrogens is 2. The van der Waals surface area contributed by atoms with Crippen LogP contribution in [0.3, 0.4) is 0 Å². The normalized spacial score (nSPS) is 21.7. The molecule has 2 aromatic carbocycles. The molecule has 1 N–H and O–H groups in total. The van der Waals surface area contributed by atoms with Crippen LogP contribution in [0, 0.1) is 5.41 Å². The van der Waals surface area contributed by atoms with E-state index in [4.69, 9.17) is 19.7 Å². The summed E-state index contributed by atoms with van der Waals surface area (Å²) in [6.45, 7) is 10.2. The number of hydrogen-bond donors (Lipinski definition) is 1. The Hall–Kier alpha value is -3.25. The van der Waals surface area contributed by atoms with Crippen LogP contribution >= 0.6 is 0 Å². The van der Waals surface area contributed by atoms with E-state index in [1.807, 2.05) is 0 Å². The number of hydrogen-bond acceptors (Lipinski definition) is 6. The minimum atomic E-state index is 0.264. The first-order chi connectivity index (χ1) is 18.4. The van der Waals surface area contributed by atoms with Crippen molar-refractivity contribution in [2.45, 2.75) is 71.9 Å². The van der Waals surface area contributed by atoms with Crippen LogP contribution in [0.25, 0.3) is 11.1 Å². The molecular formula is C32H37N5O. The van der Waals surface area contributed by atoms with Crippen molar-refractivity contribution in [3.8, 4) is 16.9 Å². The van der Waals surface area contributed by atoms with Gasteiger partial charge in [0.15, 0.2) is 0 Å². The summed E-state index contributed by atoms with van der Waals surface area (Å²) in [6.07, 6.45) is 6.49. The maximum absolute atomic E-state index is 6.27. The predicted octanol–water partition coefficient (Wildman–Crippen LogP) is 6.13. The van der Waals surface area contributed by atoms with E-state index in [0.717, 1.165) is 68.4 Å². The first-order valence-corrected chi connectivity index (χ1v) is 14.2. The molecular weight excluding hydrogens is 470 g/mol. The number of nitrogens with zero attached hydrogens (tertiary/aromatic N) is 4. The number of nitrogens with one attached hydrogen (secondary N) is 1. The molecule has 6 heteroatoms. The van der Waals surface area contributed by atoms with Crippen molar-refractivity contribution in [2.24, 2.45) is 10.4 Å². The topological polar surface area (TPSA) is 62.6 Å². The van der Waals surface area contributed by atoms with Crippen molar-refractivity contribution in [1.82, 2.24) is 15.3 Å². The number of ether oxygens (including phenoxy) is 1. The second-order valence-electron chi connectivity index (χ2n) is 12.3. The predicted molar refractivity (Wildman–Crippen MR) is 153 cm³/mol. The van der Waals surface area contributed by atoms with Crippen molar-refractivity contribution >= 4 is 17.2 Å². The second kappa shape index (κ2) is 9.19. The quantitative estimate of drug-likeness (QED) is 0.462. The fourth-order valence-electron chi connectivity index (χ4n) is 6.54. The molecule has 1 aromatic heterocycles. The molecule has 3 aliphatic heterocycles. The van der Waals surface area contributed by atoms with Gasteiger partial charge in [-0.15, -0.1) is 0 Å². The van der Waals surface area contributed by atoms with Gasteiger partial charge in [-0.3, -0.25) is 4.99 Å². The molecule has 4 heterocycles. The maximum Gasteiger partial charge on any atom is 0.147 e. The van der Waals surface area contributed by atoms with Crippen LogP contribution in [0.15, 0.2) is 41.4 Å². The minimum absolute atomic E-state index is 0.264. The Bertz CT molecular complexity index is 1440. The lowest BCUT2D eigenvalue weighted by Gasteiger charge is -2.34. The number of aliphatic imine (C=N–C) groups is 1. The molecule has 1 atom stereocenters. The fourth-order valence-corrected chi connectivity index (χ4v) is 6.54. The third-order valence-electron chi connectivity index (χ3n) is 8.67. The lowest BCUT2D eigenvalue weighted by atomic mass is 9.76. The molecule has 0 saturated carbocycles. The zero-order valence-electron chi connectivity index (χ0n) is 22.8. The lowest BCUT2D eigenvalue weighted by molar-refractivity contribution is 0.310. The summed E-state index contributed by atoms with van der Waals surface area (Å²) >= 11 is 0. The van der Waals surface area contributed by atoms with E-state index in [0.29, 0.717) is 6.61 Å². The summed E-state index contributed by atoms with van der Waals surface area (Å²) in [5.41, 5.74) is 10.1. The number of aryl methyl sites for hydroxylation is 1. The van der Waals surface area contributed by atoms with Gasteiger partial charge in [-0.25, -0.2) is 9.97 Å². The van der Waals surface area contributed by atoms with Crippen LogP contribution in [0.1, 0.15) is 74.3 Å². The Kier molecular flexibility index (Phi) is 5.77. The van der Waals surface area contributed by atoms with Crippen molar-refractivity contribution < 1.29 is 4.74 Å². The fraction of sp³-hybridized carbons (Fsp3) is 0.469. The summed E-state index contributed by atoms with van der Waals surface area (Å²) in [5, 5.41) is 3.62. The molecule has 1 aliphatic carbocycles. The molecule has 0 spiro atoms. The Morgan fingerprint density at radius 2 is 1.92 bits per heavy atom. The molecule has 6 nitrogen and oxygen atoms in total. The van der Waals surface area contributed by atoms with Crippen LogP contribution in [0.4, 0.5) is 11.5 Å². The molecule has 1 fully saturated rings. The summed E-state index contributed by atoms with van der Waals surface area (Å²) in [4.78, 5) is 17.6. The number of fused-ring (bicyclic) bond motifs is 3. The molecule has 0 unspecified atom stereocenters. The van der Waals surface area contributed by atoms with E-state index in [-0.39, 0.29) is 11.5 Å². The lowest BCUT2D eigenvalue weighted by Crippen LogP contribution is -2.32.